The summed E-state index contributed by atoms with van der Waals surface area (Å²) >= 11 is 0. The first kappa shape index (κ1) is 22.0. The van der Waals surface area contributed by atoms with E-state index in [1.807, 2.05) is 58.4 Å². The van der Waals surface area contributed by atoms with Gasteiger partial charge in [-0.25, -0.2) is 9.59 Å². The first-order valence-corrected chi connectivity index (χ1v) is 9.90. The van der Waals surface area contributed by atoms with Crippen molar-refractivity contribution in [2.75, 3.05) is 12.1 Å². The Morgan fingerprint density at radius 2 is 1.61 bits per heavy atom. The smallest absolute Gasteiger partial charge is 0.444 e. The van der Waals surface area contributed by atoms with E-state index < -0.39 is 11.7 Å². The number of rotatable bonds is 3. The number of hydrogen-bond donors (Lipinski definition) is 1. The van der Waals surface area contributed by atoms with Gasteiger partial charge in [0, 0.05) is 32.0 Å². The standard InChI is InChI=1S/C21H33N3O4/c1-14-12-15(2)24(16(3)13-14)23(7)20(26)27-18-10-8-17(9-11-18)22-19(25)28-21(4,5)6/h12-13,17-18H,8-11H2,1-7H3/p+1. The number of ether oxygens (including phenoxy) is 2. The lowest BCUT2D eigenvalue weighted by Gasteiger charge is -2.30. The zero-order valence-electron chi connectivity index (χ0n) is 18.2. The number of hydrogen-bond acceptors (Lipinski definition) is 4. The molecule has 1 aromatic heterocycles. The average Bonchev–Trinajstić information content (AvgIpc) is 2.53. The Morgan fingerprint density at radius 1 is 1.07 bits per heavy atom. The molecule has 0 bridgehead atoms. The number of aryl methyl sites for hydroxylation is 3. The van der Waals surface area contributed by atoms with E-state index in [1.165, 1.54) is 5.01 Å². The van der Waals surface area contributed by atoms with Gasteiger partial charge in [0.1, 0.15) is 11.7 Å². The molecule has 7 heteroatoms. The van der Waals surface area contributed by atoms with Crippen molar-refractivity contribution in [3.63, 3.8) is 0 Å². The van der Waals surface area contributed by atoms with Crippen LogP contribution in [0.3, 0.4) is 0 Å². The van der Waals surface area contributed by atoms with E-state index in [9.17, 15) is 9.59 Å². The zero-order chi connectivity index (χ0) is 21.1. The highest BCUT2D eigenvalue weighted by Gasteiger charge is 2.30. The lowest BCUT2D eigenvalue weighted by Crippen LogP contribution is -2.62. The van der Waals surface area contributed by atoms with E-state index in [0.717, 1.165) is 42.6 Å². The molecule has 2 rings (SSSR count). The Balaban J connectivity index is 1.86. The predicted octanol–water partition coefficient (Wildman–Crippen LogP) is 3.44. The number of alkyl carbamates (subject to hydrolysis) is 1. The molecule has 1 heterocycles. The normalized spacial score (nSPS) is 19.7. The quantitative estimate of drug-likeness (QED) is 0.800. The van der Waals surface area contributed by atoms with Gasteiger partial charge in [-0.2, -0.15) is 0 Å². The molecule has 7 nitrogen and oxygen atoms in total. The summed E-state index contributed by atoms with van der Waals surface area (Å²) < 4.78 is 12.9. The minimum absolute atomic E-state index is 0.0542. The topological polar surface area (TPSA) is 71.8 Å². The maximum absolute atomic E-state index is 12.6. The fourth-order valence-electron chi connectivity index (χ4n) is 3.67. The minimum Gasteiger partial charge on any atom is -0.444 e. The Labute approximate surface area is 168 Å². The van der Waals surface area contributed by atoms with Crippen molar-refractivity contribution in [2.24, 2.45) is 0 Å². The molecule has 1 fully saturated rings. The van der Waals surface area contributed by atoms with Gasteiger partial charge in [-0.3, -0.25) is 0 Å². The molecule has 1 aliphatic rings. The molecule has 0 spiro atoms. The Kier molecular flexibility index (Phi) is 6.91. The van der Waals surface area contributed by atoms with E-state index >= 15 is 0 Å². The Hall–Kier alpha value is -2.31. The van der Waals surface area contributed by atoms with E-state index in [1.54, 1.807) is 7.05 Å². The molecule has 0 saturated heterocycles. The fourth-order valence-corrected chi connectivity index (χ4v) is 3.67. The summed E-state index contributed by atoms with van der Waals surface area (Å²) in [4.78, 5) is 24.5. The summed E-state index contributed by atoms with van der Waals surface area (Å²) in [6, 6.07) is 4.12. The molecular formula is C21H34N3O4+. The van der Waals surface area contributed by atoms with Crippen molar-refractivity contribution in [3.05, 3.63) is 29.1 Å². The van der Waals surface area contributed by atoms with Crippen LogP contribution in [0.2, 0.25) is 0 Å². The van der Waals surface area contributed by atoms with Crippen LogP contribution in [-0.2, 0) is 9.47 Å². The molecule has 0 aromatic carbocycles. The highest BCUT2D eigenvalue weighted by molar-refractivity contribution is 5.76. The van der Waals surface area contributed by atoms with Crippen molar-refractivity contribution >= 4 is 12.2 Å². The average molecular weight is 393 g/mol. The van der Waals surface area contributed by atoms with Gasteiger partial charge in [0.25, 0.3) is 0 Å². The fraction of sp³-hybridized carbons (Fsp3) is 0.667. The molecule has 0 radical (unpaired) electrons. The number of amides is 2. The third kappa shape index (κ3) is 6.11. The van der Waals surface area contributed by atoms with Crippen molar-refractivity contribution in [2.45, 2.75) is 85.0 Å². The third-order valence-electron chi connectivity index (χ3n) is 4.77. The lowest BCUT2D eigenvalue weighted by molar-refractivity contribution is -0.692. The number of nitrogens with zero attached hydrogens (tertiary/aromatic N) is 2. The monoisotopic (exact) mass is 392 g/mol. The molecule has 1 aromatic rings. The summed E-state index contributed by atoms with van der Waals surface area (Å²) in [5.41, 5.74) is 2.60. The molecular weight excluding hydrogens is 358 g/mol. The molecule has 1 saturated carbocycles. The van der Waals surface area contributed by atoms with Crippen LogP contribution in [0.25, 0.3) is 0 Å². The van der Waals surface area contributed by atoms with Crippen molar-refractivity contribution in [1.82, 2.24) is 5.32 Å². The van der Waals surface area contributed by atoms with Gasteiger partial charge < -0.3 is 14.8 Å². The first-order valence-electron chi connectivity index (χ1n) is 9.90. The molecule has 156 valence electrons. The van der Waals surface area contributed by atoms with Crippen LogP contribution in [0.15, 0.2) is 12.1 Å². The molecule has 0 atom stereocenters. The predicted molar refractivity (Wildman–Crippen MR) is 107 cm³/mol. The number of carbonyl (C=O) groups is 2. The lowest BCUT2D eigenvalue weighted by atomic mass is 9.93. The summed E-state index contributed by atoms with van der Waals surface area (Å²) in [7, 11) is 1.72. The zero-order valence-corrected chi connectivity index (χ0v) is 18.2. The van der Waals surface area contributed by atoms with Crippen LogP contribution in [-0.4, -0.2) is 37.0 Å². The van der Waals surface area contributed by atoms with Gasteiger partial charge in [-0.1, -0.05) is 9.69 Å². The van der Waals surface area contributed by atoms with E-state index in [0.29, 0.717) is 0 Å². The molecule has 0 aliphatic heterocycles. The second-order valence-corrected chi connectivity index (χ2v) is 8.65. The molecule has 1 N–H and O–H groups in total. The van der Waals surface area contributed by atoms with Crippen molar-refractivity contribution in [3.8, 4) is 0 Å². The van der Waals surface area contributed by atoms with Crippen molar-refractivity contribution in [1.29, 1.82) is 0 Å². The van der Waals surface area contributed by atoms with E-state index in [2.05, 4.69) is 5.32 Å². The maximum Gasteiger partial charge on any atom is 0.463 e. The summed E-state index contributed by atoms with van der Waals surface area (Å²) in [5.74, 6) is 0. The molecule has 0 unspecified atom stereocenters. The largest absolute Gasteiger partial charge is 0.463 e. The van der Waals surface area contributed by atoms with Crippen molar-refractivity contribution < 1.29 is 23.7 Å². The van der Waals surface area contributed by atoms with Crippen LogP contribution < -0.4 is 15.0 Å². The van der Waals surface area contributed by atoms with E-state index in [4.69, 9.17) is 9.47 Å². The Morgan fingerprint density at radius 3 is 2.11 bits per heavy atom. The summed E-state index contributed by atoms with van der Waals surface area (Å²) in [6.45, 7) is 11.5. The van der Waals surface area contributed by atoms with Gasteiger partial charge in [-0.05, 0) is 58.9 Å². The second kappa shape index (κ2) is 8.80. The number of aromatic nitrogens is 1. The van der Waals surface area contributed by atoms with Gasteiger partial charge in [0.05, 0.1) is 7.05 Å². The number of nitrogens with one attached hydrogen (secondary N) is 1. The summed E-state index contributed by atoms with van der Waals surface area (Å²) in [6.07, 6.45) is 2.05. The second-order valence-electron chi connectivity index (χ2n) is 8.65. The van der Waals surface area contributed by atoms with Crippen LogP contribution in [0.1, 0.15) is 63.4 Å². The van der Waals surface area contributed by atoms with Gasteiger partial charge >= 0.3 is 12.2 Å². The number of pyridine rings is 1. The van der Waals surface area contributed by atoms with Gasteiger partial charge in [0.15, 0.2) is 0 Å². The number of carbonyl (C=O) groups excluding carboxylic acids is 2. The van der Waals surface area contributed by atoms with Crippen LogP contribution in [0.4, 0.5) is 9.59 Å². The molecule has 28 heavy (non-hydrogen) atoms. The highest BCUT2D eigenvalue weighted by atomic mass is 16.6. The summed E-state index contributed by atoms with van der Waals surface area (Å²) in [5, 5.41) is 4.41. The SMILES string of the molecule is Cc1cc(C)[n+](N(C)C(=O)OC2CCC(NC(=O)OC(C)(C)C)CC2)c(C)c1. The van der Waals surface area contributed by atoms with Crippen LogP contribution >= 0.6 is 0 Å². The Bertz CT molecular complexity index is 696. The van der Waals surface area contributed by atoms with Crippen LogP contribution in [0.5, 0.6) is 0 Å². The molecule has 1 aliphatic carbocycles. The minimum atomic E-state index is -0.509. The third-order valence-corrected chi connectivity index (χ3v) is 4.77. The maximum atomic E-state index is 12.6. The van der Waals surface area contributed by atoms with E-state index in [-0.39, 0.29) is 18.2 Å². The molecule has 2 amide bonds. The first-order chi connectivity index (χ1) is 13.0. The van der Waals surface area contributed by atoms with Gasteiger partial charge in [-0.15, -0.1) is 0 Å². The van der Waals surface area contributed by atoms with Gasteiger partial charge in [0.2, 0.25) is 11.4 Å². The van der Waals surface area contributed by atoms with Crippen LogP contribution in [0, 0.1) is 20.8 Å². The highest BCUT2D eigenvalue weighted by Crippen LogP contribution is 2.22.